The number of methoxy groups -OCH3 is 1. The van der Waals surface area contributed by atoms with Gasteiger partial charge in [-0.2, -0.15) is 0 Å². The number of nitrogens with one attached hydrogen (secondary N) is 1. The van der Waals surface area contributed by atoms with Crippen LogP contribution in [0, 0.1) is 20.8 Å². The van der Waals surface area contributed by atoms with Crippen molar-refractivity contribution in [1.29, 1.82) is 0 Å². The summed E-state index contributed by atoms with van der Waals surface area (Å²) < 4.78 is 11.7. The quantitative estimate of drug-likeness (QED) is 0.726. The van der Waals surface area contributed by atoms with E-state index >= 15 is 0 Å². The van der Waals surface area contributed by atoms with Crippen LogP contribution in [0.1, 0.15) is 26.8 Å². The molecule has 4 nitrogen and oxygen atoms in total. The van der Waals surface area contributed by atoms with Gasteiger partial charge in [-0.1, -0.05) is 23.8 Å². The molecule has 1 fully saturated rings. The fraction of sp³-hybridized carbons (Fsp3) is 0.381. The minimum Gasteiger partial charge on any atom is -0.493 e. The van der Waals surface area contributed by atoms with Crippen LogP contribution in [-0.2, 0) is 4.79 Å². The first kappa shape index (κ1) is 20.0. The largest absolute Gasteiger partial charge is 0.493 e. The Hall–Kier alpha value is -1.79. The molecule has 0 aliphatic carbocycles. The molecule has 1 aliphatic heterocycles. The van der Waals surface area contributed by atoms with Gasteiger partial charge < -0.3 is 14.8 Å². The van der Waals surface area contributed by atoms with Crippen molar-refractivity contribution in [3.8, 4) is 11.5 Å². The molecule has 2 aromatic rings. The molecule has 2 aromatic carbocycles. The van der Waals surface area contributed by atoms with Gasteiger partial charge >= 0.3 is 0 Å². The topological polar surface area (TPSA) is 47.6 Å². The molecular formula is C21H25NO3S2. The molecule has 1 N–H and O–H groups in total. The summed E-state index contributed by atoms with van der Waals surface area (Å²) in [6.07, 6.45) is 0. The number of carbonyl (C=O) groups is 1. The van der Waals surface area contributed by atoms with Gasteiger partial charge in [-0.15, -0.1) is 23.5 Å². The Morgan fingerprint density at radius 3 is 2.37 bits per heavy atom. The normalized spacial score (nSPS) is 14.2. The molecule has 0 radical (unpaired) electrons. The molecule has 0 bridgehead atoms. The smallest absolute Gasteiger partial charge is 0.262 e. The van der Waals surface area contributed by atoms with Gasteiger partial charge in [0.15, 0.2) is 18.1 Å². The van der Waals surface area contributed by atoms with Crippen LogP contribution in [0.25, 0.3) is 0 Å². The van der Waals surface area contributed by atoms with Crippen LogP contribution in [0.2, 0.25) is 0 Å². The fourth-order valence-corrected chi connectivity index (χ4v) is 6.04. The molecule has 0 unspecified atom stereocenters. The maximum Gasteiger partial charge on any atom is 0.262 e. The molecule has 0 aromatic heterocycles. The lowest BCUT2D eigenvalue weighted by molar-refractivity contribution is -0.118. The van der Waals surface area contributed by atoms with Crippen molar-refractivity contribution in [2.24, 2.45) is 0 Å². The third-order valence-electron chi connectivity index (χ3n) is 4.38. The van der Waals surface area contributed by atoms with Crippen molar-refractivity contribution < 1.29 is 14.3 Å². The van der Waals surface area contributed by atoms with Gasteiger partial charge in [-0.05, 0) is 49.6 Å². The van der Waals surface area contributed by atoms with Crippen molar-refractivity contribution in [1.82, 2.24) is 0 Å². The SMILES string of the molecule is COc1cc(C2SCCS2)ccc1OCC(=O)Nc1c(C)cc(C)cc1C. The molecule has 0 atom stereocenters. The first-order valence-corrected chi connectivity index (χ1v) is 11.0. The summed E-state index contributed by atoms with van der Waals surface area (Å²) in [4.78, 5) is 12.4. The summed E-state index contributed by atoms with van der Waals surface area (Å²) in [6.45, 7) is 5.98. The van der Waals surface area contributed by atoms with E-state index in [1.54, 1.807) is 7.11 Å². The van der Waals surface area contributed by atoms with Crippen LogP contribution in [-0.4, -0.2) is 31.1 Å². The van der Waals surface area contributed by atoms with Gasteiger partial charge in [0.1, 0.15) is 0 Å². The fourth-order valence-electron chi connectivity index (χ4n) is 3.20. The first-order chi connectivity index (χ1) is 13.0. The molecule has 1 heterocycles. The minimum absolute atomic E-state index is 0.0601. The van der Waals surface area contributed by atoms with E-state index in [9.17, 15) is 4.79 Å². The molecule has 27 heavy (non-hydrogen) atoms. The molecule has 1 aliphatic rings. The number of hydrogen-bond acceptors (Lipinski definition) is 5. The molecular weight excluding hydrogens is 378 g/mol. The molecule has 3 rings (SSSR count). The Labute approximate surface area is 169 Å². The van der Waals surface area contributed by atoms with Crippen molar-refractivity contribution in [3.63, 3.8) is 0 Å². The van der Waals surface area contributed by atoms with Crippen LogP contribution in [0.4, 0.5) is 5.69 Å². The molecule has 0 spiro atoms. The third-order valence-corrected chi connectivity index (χ3v) is 7.49. The van der Waals surface area contributed by atoms with Gasteiger partial charge in [0, 0.05) is 17.2 Å². The number of aryl methyl sites for hydroxylation is 3. The van der Waals surface area contributed by atoms with Gasteiger partial charge in [-0.3, -0.25) is 4.79 Å². The van der Waals surface area contributed by atoms with E-state index in [0.29, 0.717) is 16.1 Å². The first-order valence-electron chi connectivity index (χ1n) is 8.89. The summed E-state index contributed by atoms with van der Waals surface area (Å²) in [7, 11) is 1.63. The van der Waals surface area contributed by atoms with E-state index in [-0.39, 0.29) is 12.5 Å². The second-order valence-electron chi connectivity index (χ2n) is 6.59. The van der Waals surface area contributed by atoms with E-state index in [1.807, 2.05) is 56.4 Å². The molecule has 6 heteroatoms. The zero-order valence-electron chi connectivity index (χ0n) is 16.1. The second-order valence-corrected chi connectivity index (χ2v) is 9.32. The predicted molar refractivity (Wildman–Crippen MR) is 115 cm³/mol. The van der Waals surface area contributed by atoms with Crippen molar-refractivity contribution >= 4 is 35.1 Å². The highest BCUT2D eigenvalue weighted by Crippen LogP contribution is 2.46. The third kappa shape index (κ3) is 4.93. The van der Waals surface area contributed by atoms with Gasteiger partial charge in [0.25, 0.3) is 5.91 Å². The van der Waals surface area contributed by atoms with E-state index in [2.05, 4.69) is 23.5 Å². The Kier molecular flexibility index (Phi) is 6.60. The summed E-state index contributed by atoms with van der Waals surface area (Å²) in [5.41, 5.74) is 5.36. The number of carbonyl (C=O) groups excluding carboxylic acids is 1. The number of hydrogen-bond donors (Lipinski definition) is 1. The Morgan fingerprint density at radius 1 is 1.07 bits per heavy atom. The predicted octanol–water partition coefficient (Wildman–Crippen LogP) is 5.12. The summed E-state index contributed by atoms with van der Waals surface area (Å²) in [5.74, 6) is 3.41. The standard InChI is InChI=1S/C21H25NO3S2/c1-13-9-14(2)20(15(3)10-13)22-19(23)12-25-17-6-5-16(11-18(17)24-4)21-26-7-8-27-21/h5-6,9-11,21H,7-8,12H2,1-4H3,(H,22,23). The molecule has 144 valence electrons. The number of amides is 1. The van der Waals surface area contributed by atoms with E-state index in [0.717, 1.165) is 16.8 Å². The molecule has 1 amide bonds. The van der Waals surface area contributed by atoms with Crippen LogP contribution in [0.3, 0.4) is 0 Å². The number of ether oxygens (including phenoxy) is 2. The van der Waals surface area contributed by atoms with Gasteiger partial charge in [0.2, 0.25) is 0 Å². The highest BCUT2D eigenvalue weighted by Gasteiger charge is 2.20. The van der Waals surface area contributed by atoms with E-state index in [1.165, 1.54) is 22.6 Å². The van der Waals surface area contributed by atoms with Gasteiger partial charge in [0.05, 0.1) is 11.7 Å². The lowest BCUT2D eigenvalue weighted by Gasteiger charge is -2.16. The molecule has 1 saturated heterocycles. The van der Waals surface area contributed by atoms with Crippen molar-refractivity contribution in [3.05, 3.63) is 52.6 Å². The highest BCUT2D eigenvalue weighted by atomic mass is 32.2. The zero-order chi connectivity index (χ0) is 19.4. The van der Waals surface area contributed by atoms with Crippen LogP contribution < -0.4 is 14.8 Å². The van der Waals surface area contributed by atoms with Crippen LogP contribution >= 0.6 is 23.5 Å². The van der Waals surface area contributed by atoms with Gasteiger partial charge in [-0.25, -0.2) is 0 Å². The Morgan fingerprint density at radius 2 is 1.74 bits per heavy atom. The summed E-state index contributed by atoms with van der Waals surface area (Å²) in [6, 6.07) is 10.1. The average molecular weight is 404 g/mol. The lowest BCUT2D eigenvalue weighted by Crippen LogP contribution is -2.21. The maximum atomic E-state index is 12.4. The highest BCUT2D eigenvalue weighted by molar-refractivity contribution is 8.19. The summed E-state index contributed by atoms with van der Waals surface area (Å²) >= 11 is 3.89. The van der Waals surface area contributed by atoms with E-state index in [4.69, 9.17) is 9.47 Å². The second kappa shape index (κ2) is 8.93. The maximum absolute atomic E-state index is 12.4. The van der Waals surface area contributed by atoms with Crippen molar-refractivity contribution in [2.45, 2.75) is 25.4 Å². The number of benzene rings is 2. The monoisotopic (exact) mass is 403 g/mol. The molecule has 0 saturated carbocycles. The Balaban J connectivity index is 1.65. The minimum atomic E-state index is -0.182. The lowest BCUT2D eigenvalue weighted by atomic mass is 10.1. The van der Waals surface area contributed by atoms with Crippen LogP contribution in [0.5, 0.6) is 11.5 Å². The van der Waals surface area contributed by atoms with Crippen LogP contribution in [0.15, 0.2) is 30.3 Å². The number of rotatable bonds is 6. The average Bonchev–Trinajstić information content (AvgIpc) is 3.17. The zero-order valence-corrected chi connectivity index (χ0v) is 17.8. The summed E-state index contributed by atoms with van der Waals surface area (Å²) in [5, 5.41) is 2.96. The number of anilines is 1. The number of thioether (sulfide) groups is 2. The van der Waals surface area contributed by atoms with Crippen molar-refractivity contribution in [2.75, 3.05) is 30.5 Å². The van der Waals surface area contributed by atoms with E-state index < -0.39 is 0 Å². The Bertz CT molecular complexity index is 809.